The maximum atomic E-state index is 12.7. The van der Waals surface area contributed by atoms with Gasteiger partial charge >= 0.3 is 6.09 Å². The molecule has 1 aliphatic heterocycles. The van der Waals surface area contributed by atoms with Gasteiger partial charge in [-0.1, -0.05) is 69.3 Å². The summed E-state index contributed by atoms with van der Waals surface area (Å²) in [5.41, 5.74) is -0.313. The topological polar surface area (TPSA) is 102 Å². The molecular formula is C24H29N3O4S. The van der Waals surface area contributed by atoms with Crippen molar-refractivity contribution in [2.75, 3.05) is 13.2 Å². The Morgan fingerprint density at radius 3 is 2.16 bits per heavy atom. The predicted octanol–water partition coefficient (Wildman–Crippen LogP) is 3.20. The Labute approximate surface area is 193 Å². The van der Waals surface area contributed by atoms with E-state index < -0.39 is 29.0 Å². The fraction of sp³-hybridized carbons (Fsp3) is 0.375. The van der Waals surface area contributed by atoms with Crippen molar-refractivity contribution in [1.82, 2.24) is 15.5 Å². The van der Waals surface area contributed by atoms with Crippen LogP contribution in [0, 0.1) is 11.3 Å². The highest BCUT2D eigenvalue weighted by Crippen LogP contribution is 2.49. The van der Waals surface area contributed by atoms with Crippen molar-refractivity contribution in [2.24, 2.45) is 11.3 Å². The Hall–Kier alpha value is -2.97. The van der Waals surface area contributed by atoms with Gasteiger partial charge in [0.05, 0.1) is 18.2 Å². The molecule has 1 aliphatic rings. The number of hydrogen-bond donors (Lipinski definition) is 4. The van der Waals surface area contributed by atoms with Crippen LogP contribution < -0.4 is 10.6 Å². The zero-order valence-electron chi connectivity index (χ0n) is 18.4. The second-order valence-corrected chi connectivity index (χ2v) is 9.50. The lowest BCUT2D eigenvalue weighted by Crippen LogP contribution is -2.63. The van der Waals surface area contributed by atoms with E-state index in [1.54, 1.807) is 24.3 Å². The third-order valence-electron chi connectivity index (χ3n) is 5.93. The molecule has 0 aliphatic carbocycles. The molecule has 32 heavy (non-hydrogen) atoms. The van der Waals surface area contributed by atoms with E-state index in [1.165, 1.54) is 4.90 Å². The maximum absolute atomic E-state index is 12.7. The Bertz CT molecular complexity index is 978. The third kappa shape index (κ3) is 4.47. The van der Waals surface area contributed by atoms with Gasteiger partial charge in [0.15, 0.2) is 5.11 Å². The Morgan fingerprint density at radius 1 is 1.09 bits per heavy atom. The lowest BCUT2D eigenvalue weighted by atomic mass is 9.67. The van der Waals surface area contributed by atoms with Gasteiger partial charge in [-0.05, 0) is 35.3 Å². The van der Waals surface area contributed by atoms with Gasteiger partial charge in [0.1, 0.15) is 0 Å². The highest BCUT2D eigenvalue weighted by molar-refractivity contribution is 7.80. The number of rotatable bonds is 4. The SMILES string of the molecule is CC(C)(C)C1N(C(=O)O)C[C@@H](CO)[C@]1(NC(=S)NC(=O)c1ccccc1)c1ccccc1. The average molecular weight is 456 g/mol. The first-order valence-corrected chi connectivity index (χ1v) is 10.9. The molecule has 0 bridgehead atoms. The summed E-state index contributed by atoms with van der Waals surface area (Å²) in [6, 6.07) is 17.5. The summed E-state index contributed by atoms with van der Waals surface area (Å²) in [4.78, 5) is 26.2. The molecule has 0 spiro atoms. The van der Waals surface area contributed by atoms with E-state index in [4.69, 9.17) is 12.2 Å². The minimum atomic E-state index is -1.07. The standard InChI is InChI=1S/C24H29N3O4S/c1-23(2,3)20-24(17-12-8-5-9-13-17,18(15-28)14-27(20)22(30)31)26-21(32)25-19(29)16-10-6-4-7-11-16/h4-13,18,20,28H,14-15H2,1-3H3,(H,30,31)(H2,25,26,29,32)/t18-,20?,24+/m0/s1. The second kappa shape index (κ2) is 9.26. The van der Waals surface area contributed by atoms with E-state index >= 15 is 0 Å². The molecule has 0 saturated carbocycles. The van der Waals surface area contributed by atoms with Crippen LogP contribution in [0.3, 0.4) is 0 Å². The van der Waals surface area contributed by atoms with E-state index in [0.29, 0.717) is 5.56 Å². The summed E-state index contributed by atoms with van der Waals surface area (Å²) < 4.78 is 0. The fourth-order valence-corrected chi connectivity index (χ4v) is 5.09. The number of carboxylic acid groups (broad SMARTS) is 1. The molecule has 3 rings (SSSR count). The van der Waals surface area contributed by atoms with Crippen LogP contribution in [0.15, 0.2) is 60.7 Å². The highest BCUT2D eigenvalue weighted by Gasteiger charge is 2.60. The molecule has 1 saturated heterocycles. The molecular weight excluding hydrogens is 426 g/mol. The lowest BCUT2D eigenvalue weighted by molar-refractivity contribution is 0.0677. The number of thiocarbonyl (C=S) groups is 1. The predicted molar refractivity (Wildman–Crippen MR) is 126 cm³/mol. The Morgan fingerprint density at radius 2 is 1.66 bits per heavy atom. The molecule has 7 nitrogen and oxygen atoms in total. The number of nitrogens with one attached hydrogen (secondary N) is 2. The van der Waals surface area contributed by atoms with Crippen molar-refractivity contribution in [1.29, 1.82) is 0 Å². The average Bonchev–Trinajstić information content (AvgIpc) is 3.10. The largest absolute Gasteiger partial charge is 0.465 e. The van der Waals surface area contributed by atoms with Crippen molar-refractivity contribution in [3.63, 3.8) is 0 Å². The van der Waals surface area contributed by atoms with Gasteiger partial charge in [0.25, 0.3) is 5.91 Å². The molecule has 1 unspecified atom stereocenters. The number of nitrogens with zero attached hydrogens (tertiary/aromatic N) is 1. The smallest absolute Gasteiger partial charge is 0.407 e. The Balaban J connectivity index is 2.06. The summed E-state index contributed by atoms with van der Waals surface area (Å²) in [6.45, 7) is 5.74. The van der Waals surface area contributed by atoms with Crippen LogP contribution in [-0.4, -0.2) is 51.4 Å². The van der Waals surface area contributed by atoms with Crippen LogP contribution in [0.4, 0.5) is 4.79 Å². The number of hydrogen-bond acceptors (Lipinski definition) is 4. The summed E-state index contributed by atoms with van der Waals surface area (Å²) in [6.07, 6.45) is -1.07. The quantitative estimate of drug-likeness (QED) is 0.528. The van der Waals surface area contributed by atoms with Gasteiger partial charge in [-0.3, -0.25) is 10.1 Å². The van der Waals surface area contributed by atoms with Gasteiger partial charge in [0, 0.05) is 18.0 Å². The first-order valence-electron chi connectivity index (χ1n) is 10.5. The highest BCUT2D eigenvalue weighted by atomic mass is 32.1. The number of carbonyl (C=O) groups excluding carboxylic acids is 1. The van der Waals surface area contributed by atoms with E-state index in [2.05, 4.69) is 10.6 Å². The number of amides is 2. The fourth-order valence-electron chi connectivity index (χ4n) is 4.83. The zero-order valence-corrected chi connectivity index (χ0v) is 19.2. The molecule has 2 aromatic carbocycles. The van der Waals surface area contributed by atoms with Crippen LogP contribution >= 0.6 is 12.2 Å². The molecule has 0 aromatic heterocycles. The minimum absolute atomic E-state index is 0.0719. The molecule has 0 radical (unpaired) electrons. The normalized spacial score (nSPS) is 22.9. The lowest BCUT2D eigenvalue weighted by Gasteiger charge is -2.47. The number of aliphatic hydroxyl groups is 1. The van der Waals surface area contributed by atoms with E-state index in [-0.39, 0.29) is 24.2 Å². The molecule has 4 N–H and O–H groups in total. The molecule has 1 heterocycles. The van der Waals surface area contributed by atoms with Gasteiger partial charge in [-0.25, -0.2) is 4.79 Å². The van der Waals surface area contributed by atoms with Gasteiger partial charge in [0.2, 0.25) is 0 Å². The van der Waals surface area contributed by atoms with Crippen LogP contribution in [0.1, 0.15) is 36.7 Å². The number of carbonyl (C=O) groups is 2. The molecule has 170 valence electrons. The number of likely N-dealkylation sites (tertiary alicyclic amines) is 1. The third-order valence-corrected chi connectivity index (χ3v) is 6.13. The maximum Gasteiger partial charge on any atom is 0.407 e. The molecule has 2 amide bonds. The first-order chi connectivity index (χ1) is 15.1. The molecule has 8 heteroatoms. The second-order valence-electron chi connectivity index (χ2n) is 9.09. The molecule has 1 fully saturated rings. The van der Waals surface area contributed by atoms with Gasteiger partial charge in [-0.15, -0.1) is 0 Å². The summed E-state index contributed by atoms with van der Waals surface area (Å²) in [5, 5.41) is 26.4. The van der Waals surface area contributed by atoms with Crippen LogP contribution in [0.2, 0.25) is 0 Å². The molecule has 2 aromatic rings. The Kier molecular flexibility index (Phi) is 6.85. The van der Waals surface area contributed by atoms with Crippen LogP contribution in [0.5, 0.6) is 0 Å². The number of aliphatic hydroxyl groups excluding tert-OH is 1. The van der Waals surface area contributed by atoms with Crippen molar-refractivity contribution in [3.05, 3.63) is 71.8 Å². The van der Waals surface area contributed by atoms with E-state index in [1.807, 2.05) is 57.2 Å². The van der Waals surface area contributed by atoms with E-state index in [0.717, 1.165) is 5.56 Å². The minimum Gasteiger partial charge on any atom is -0.465 e. The van der Waals surface area contributed by atoms with Gasteiger partial charge in [-0.2, -0.15) is 0 Å². The summed E-state index contributed by atoms with van der Waals surface area (Å²) in [7, 11) is 0. The van der Waals surface area contributed by atoms with Crippen molar-refractivity contribution >= 4 is 29.3 Å². The van der Waals surface area contributed by atoms with Crippen LogP contribution in [0.25, 0.3) is 0 Å². The van der Waals surface area contributed by atoms with E-state index in [9.17, 15) is 19.8 Å². The molecule has 3 atom stereocenters. The number of benzene rings is 2. The summed E-state index contributed by atoms with van der Waals surface area (Å²) >= 11 is 5.53. The summed E-state index contributed by atoms with van der Waals surface area (Å²) in [5.74, 6) is -0.857. The van der Waals surface area contributed by atoms with Crippen molar-refractivity contribution in [3.8, 4) is 0 Å². The first kappa shape index (κ1) is 23.7. The van der Waals surface area contributed by atoms with Gasteiger partial charge < -0.3 is 20.4 Å². The monoisotopic (exact) mass is 455 g/mol. The van der Waals surface area contributed by atoms with Crippen molar-refractivity contribution in [2.45, 2.75) is 32.4 Å². The zero-order chi connectivity index (χ0) is 23.5. The van der Waals surface area contributed by atoms with Crippen LogP contribution in [-0.2, 0) is 5.54 Å². The van der Waals surface area contributed by atoms with Crippen molar-refractivity contribution < 1.29 is 19.8 Å².